The van der Waals surface area contributed by atoms with Gasteiger partial charge in [-0.15, -0.1) is 6.58 Å². The van der Waals surface area contributed by atoms with Crippen molar-refractivity contribution in [2.75, 3.05) is 5.32 Å². The third-order valence-electron chi connectivity index (χ3n) is 5.58. The molecule has 0 spiro atoms. The molecule has 1 aromatic carbocycles. The Balaban J connectivity index is 2.55. The van der Waals surface area contributed by atoms with Crippen LogP contribution in [0, 0.1) is 0 Å². The minimum absolute atomic E-state index is 0.253. The number of carbonyl (C=O) groups excluding carboxylic acids is 3. The Bertz CT molecular complexity index is 1420. The zero-order valence-corrected chi connectivity index (χ0v) is 27.2. The van der Waals surface area contributed by atoms with Gasteiger partial charge >= 0.3 is 18.4 Å². The monoisotopic (exact) mass is 726 g/mol. The first kappa shape index (κ1) is 38.5. The van der Waals surface area contributed by atoms with Crippen LogP contribution in [0.25, 0.3) is 0 Å². The third kappa shape index (κ3) is 10.2. The number of nitrogens with zero attached hydrogens (tertiary/aromatic N) is 1. The van der Waals surface area contributed by atoms with Crippen LogP contribution in [-0.4, -0.2) is 52.0 Å². The highest BCUT2D eigenvalue weighted by atomic mass is 79.9. The number of hydrazine groups is 1. The van der Waals surface area contributed by atoms with E-state index in [0.717, 1.165) is 0 Å². The number of aromatic nitrogens is 1. The maximum absolute atomic E-state index is 14.9. The predicted molar refractivity (Wildman–Crippen MR) is 157 cm³/mol. The second kappa shape index (κ2) is 14.4. The van der Waals surface area contributed by atoms with Crippen molar-refractivity contribution in [3.05, 3.63) is 70.5 Å². The minimum Gasteiger partial charge on any atom is -0.444 e. The van der Waals surface area contributed by atoms with Crippen molar-refractivity contribution in [3.63, 3.8) is 0 Å². The van der Waals surface area contributed by atoms with Gasteiger partial charge in [-0.2, -0.15) is 26.3 Å². The Labute approximate surface area is 269 Å². The molecule has 2 atom stereocenters. The summed E-state index contributed by atoms with van der Waals surface area (Å²) >= 11 is 2.60. The maximum atomic E-state index is 14.9. The SMILES string of the molecule is C=CC(OC(C)(C)C)C(OCc1ccccc1)(C(=O)NNC(=O)c1nc(Br)c(C(F)(F)F)cc1NC(=O)OC(C)(C)C)C(F)(F)F. The lowest BCUT2D eigenvalue weighted by atomic mass is 9.93. The summed E-state index contributed by atoms with van der Waals surface area (Å²) in [5.41, 5.74) is -5.77. The van der Waals surface area contributed by atoms with E-state index < -0.39 is 81.3 Å². The smallest absolute Gasteiger partial charge is 0.429 e. The van der Waals surface area contributed by atoms with Gasteiger partial charge in [-0.3, -0.25) is 25.8 Å². The van der Waals surface area contributed by atoms with Crippen molar-refractivity contribution >= 4 is 39.5 Å². The predicted octanol–water partition coefficient (Wildman–Crippen LogP) is 6.86. The molecule has 2 aromatic rings. The number of anilines is 1. The van der Waals surface area contributed by atoms with Crippen LogP contribution in [0.4, 0.5) is 36.8 Å². The van der Waals surface area contributed by atoms with E-state index in [1.165, 1.54) is 65.8 Å². The summed E-state index contributed by atoms with van der Waals surface area (Å²) in [5.74, 6) is -3.48. The lowest BCUT2D eigenvalue weighted by Gasteiger charge is -2.41. The number of amides is 3. The molecule has 3 N–H and O–H groups in total. The van der Waals surface area contributed by atoms with Gasteiger partial charge in [0.15, 0.2) is 5.69 Å². The maximum Gasteiger partial charge on any atom is 0.429 e. The highest BCUT2D eigenvalue weighted by Gasteiger charge is 2.67. The first-order valence-corrected chi connectivity index (χ1v) is 14.1. The lowest BCUT2D eigenvalue weighted by Crippen LogP contribution is -2.68. The molecule has 0 saturated carbocycles. The molecular weight excluding hydrogens is 694 g/mol. The van der Waals surface area contributed by atoms with Gasteiger partial charge in [0, 0.05) is 0 Å². The van der Waals surface area contributed by atoms with Gasteiger partial charge in [0.05, 0.1) is 23.5 Å². The van der Waals surface area contributed by atoms with E-state index >= 15 is 0 Å². The standard InChI is InChI=1S/C29H33BrF6N4O6/c1-8-19(45-25(2,3)4)27(29(34,35)36,44-15-16-12-10-9-11-13-16)23(42)40-39-22(41)20-18(37-24(43)46-26(5,6)7)14-17(21(30)38-20)28(31,32)33/h8-14,19H,1,15H2,2-7H3,(H,37,43)(H,39,41)(H,40,42). The molecule has 3 amide bonds. The highest BCUT2D eigenvalue weighted by molar-refractivity contribution is 9.10. The summed E-state index contributed by atoms with van der Waals surface area (Å²) in [6, 6.07) is 7.92. The summed E-state index contributed by atoms with van der Waals surface area (Å²) in [7, 11) is 0. The van der Waals surface area contributed by atoms with Crippen molar-refractivity contribution in [1.82, 2.24) is 15.8 Å². The lowest BCUT2D eigenvalue weighted by molar-refractivity contribution is -0.303. The quantitative estimate of drug-likeness (QED) is 0.112. The van der Waals surface area contributed by atoms with E-state index in [-0.39, 0.29) is 5.56 Å². The number of hydrogen-bond donors (Lipinski definition) is 3. The summed E-state index contributed by atoms with van der Waals surface area (Å²) in [5, 5.41) is 1.97. The topological polar surface area (TPSA) is 128 Å². The fourth-order valence-electron chi connectivity index (χ4n) is 3.74. The van der Waals surface area contributed by atoms with E-state index in [0.29, 0.717) is 12.1 Å². The number of ether oxygens (including phenoxy) is 3. The average molecular weight is 727 g/mol. The summed E-state index contributed by atoms with van der Waals surface area (Å²) < 4.78 is 100. The van der Waals surface area contributed by atoms with Gasteiger partial charge < -0.3 is 14.2 Å². The molecule has 0 aliphatic carbocycles. The molecule has 0 aliphatic heterocycles. The number of benzene rings is 1. The van der Waals surface area contributed by atoms with Crippen molar-refractivity contribution in [2.45, 2.75) is 83.4 Å². The zero-order valence-electron chi connectivity index (χ0n) is 25.6. The first-order valence-electron chi connectivity index (χ1n) is 13.3. The second-order valence-corrected chi connectivity index (χ2v) is 12.4. The van der Waals surface area contributed by atoms with E-state index in [1.807, 2.05) is 5.32 Å². The number of rotatable bonds is 9. The number of carbonyl (C=O) groups is 3. The number of nitrogens with one attached hydrogen (secondary N) is 3. The molecule has 0 fully saturated rings. The zero-order chi connectivity index (χ0) is 35.3. The number of pyridine rings is 1. The van der Waals surface area contributed by atoms with Crippen LogP contribution in [0.3, 0.4) is 0 Å². The number of hydrogen-bond acceptors (Lipinski definition) is 7. The molecule has 2 rings (SSSR count). The van der Waals surface area contributed by atoms with Gasteiger partial charge in [0.25, 0.3) is 17.4 Å². The van der Waals surface area contributed by atoms with E-state index in [4.69, 9.17) is 14.2 Å². The minimum atomic E-state index is -5.49. The Morgan fingerprint density at radius 3 is 2.02 bits per heavy atom. The Morgan fingerprint density at radius 2 is 1.54 bits per heavy atom. The Hall–Kier alpha value is -3.70. The molecule has 1 aromatic heterocycles. The molecule has 46 heavy (non-hydrogen) atoms. The molecule has 17 heteroatoms. The van der Waals surface area contributed by atoms with E-state index in [9.17, 15) is 40.7 Å². The second-order valence-electron chi connectivity index (χ2n) is 11.7. The third-order valence-corrected chi connectivity index (χ3v) is 6.19. The van der Waals surface area contributed by atoms with Gasteiger partial charge in [-0.1, -0.05) is 36.4 Å². The molecule has 0 aliphatic rings. The fraction of sp³-hybridized carbons (Fsp3) is 0.448. The van der Waals surface area contributed by atoms with Crippen molar-refractivity contribution in [2.24, 2.45) is 0 Å². The van der Waals surface area contributed by atoms with Gasteiger partial charge in [0.1, 0.15) is 16.3 Å². The summed E-state index contributed by atoms with van der Waals surface area (Å²) in [6.07, 6.45) is -13.2. The van der Waals surface area contributed by atoms with Gasteiger partial charge in [0.2, 0.25) is 0 Å². The van der Waals surface area contributed by atoms with Crippen LogP contribution in [-0.2, 0) is 31.8 Å². The molecular formula is C29H33BrF6N4O6. The van der Waals surface area contributed by atoms with Gasteiger partial charge in [-0.25, -0.2) is 9.78 Å². The number of alkyl halides is 6. The molecule has 10 nitrogen and oxygen atoms in total. The van der Waals surface area contributed by atoms with Crippen molar-refractivity contribution < 1.29 is 54.9 Å². The van der Waals surface area contributed by atoms with Crippen LogP contribution in [0.15, 0.2) is 53.7 Å². The summed E-state index contributed by atoms with van der Waals surface area (Å²) in [4.78, 5) is 42.4. The first-order chi connectivity index (χ1) is 20.9. The average Bonchev–Trinajstić information content (AvgIpc) is 2.89. The molecule has 0 saturated heterocycles. The van der Waals surface area contributed by atoms with Crippen LogP contribution in [0.5, 0.6) is 0 Å². The van der Waals surface area contributed by atoms with Crippen LogP contribution in [0.1, 0.15) is 63.2 Å². The van der Waals surface area contributed by atoms with E-state index in [1.54, 1.807) is 16.9 Å². The normalized spacial score (nSPS) is 14.5. The molecule has 0 radical (unpaired) electrons. The number of halogens is 7. The Morgan fingerprint density at radius 1 is 0.957 bits per heavy atom. The highest BCUT2D eigenvalue weighted by Crippen LogP contribution is 2.41. The largest absolute Gasteiger partial charge is 0.444 e. The fourth-order valence-corrected chi connectivity index (χ4v) is 4.25. The Kier molecular flexibility index (Phi) is 12.0. The van der Waals surface area contributed by atoms with Crippen molar-refractivity contribution in [3.8, 4) is 0 Å². The molecule has 0 bridgehead atoms. The van der Waals surface area contributed by atoms with E-state index in [2.05, 4.69) is 27.5 Å². The van der Waals surface area contributed by atoms with Crippen LogP contribution < -0.4 is 16.2 Å². The molecule has 2 unspecified atom stereocenters. The van der Waals surface area contributed by atoms with Crippen LogP contribution >= 0.6 is 15.9 Å². The van der Waals surface area contributed by atoms with Crippen molar-refractivity contribution in [1.29, 1.82) is 0 Å². The van der Waals surface area contributed by atoms with Crippen LogP contribution in [0.2, 0.25) is 0 Å². The summed E-state index contributed by atoms with van der Waals surface area (Å²) in [6.45, 7) is 11.3. The molecule has 1 heterocycles. The van der Waals surface area contributed by atoms with Gasteiger partial charge in [-0.05, 0) is 69.1 Å². The molecule has 254 valence electrons.